The maximum atomic E-state index is 5.47. The summed E-state index contributed by atoms with van der Waals surface area (Å²) in [7, 11) is 0. The molecule has 2 aromatic heterocycles. The van der Waals surface area contributed by atoms with Crippen LogP contribution >= 0.6 is 0 Å². The van der Waals surface area contributed by atoms with Crippen molar-refractivity contribution in [3.05, 3.63) is 167 Å². The van der Waals surface area contributed by atoms with Crippen LogP contribution < -0.4 is 0 Å². The van der Waals surface area contributed by atoms with Crippen LogP contribution in [0.15, 0.2) is 109 Å². The molecule has 240 valence electrons. The van der Waals surface area contributed by atoms with Gasteiger partial charge in [-0.25, -0.2) is 9.97 Å². The Balaban J connectivity index is 0.00000386. The molecule has 0 aliphatic carbocycles. The van der Waals surface area contributed by atoms with Crippen molar-refractivity contribution in [2.45, 2.75) is 77.0 Å². The predicted octanol–water partition coefficient (Wildman–Crippen LogP) is 9.27. The van der Waals surface area contributed by atoms with Gasteiger partial charge in [-0.1, -0.05) is 91.8 Å². The minimum absolute atomic E-state index is 0. The molecule has 1 aliphatic rings. The molecule has 0 amide bonds. The van der Waals surface area contributed by atoms with Crippen molar-refractivity contribution in [2.75, 3.05) is 0 Å². The molecule has 0 spiro atoms. The zero-order chi connectivity index (χ0) is 32.5. The number of nitrogens with zero attached hydrogens (tertiary/aromatic N) is 4. The van der Waals surface area contributed by atoms with E-state index < -0.39 is 21.7 Å². The third-order valence-electron chi connectivity index (χ3n) is 10.2. The Hall–Kier alpha value is -4.01. The second-order valence-electron chi connectivity index (χ2n) is 14.8. The Morgan fingerprint density at radius 1 is 0.426 bits per heavy atom. The monoisotopic (exact) mass is 797 g/mol. The molecular weight excluding hydrogens is 756 g/mol. The van der Waals surface area contributed by atoms with Gasteiger partial charge in [0.1, 0.15) is 11.6 Å². The van der Waals surface area contributed by atoms with E-state index in [1.807, 2.05) is 0 Å². The van der Waals surface area contributed by atoms with Crippen LogP contribution in [0.3, 0.4) is 0 Å². The van der Waals surface area contributed by atoms with Crippen molar-refractivity contribution in [3.63, 3.8) is 0 Å². The first-order valence-corrected chi connectivity index (χ1v) is 16.2. The van der Waals surface area contributed by atoms with E-state index in [9.17, 15) is 0 Å². The second kappa shape index (κ2) is 11.6. The maximum Gasteiger partial charge on any atom is 2.00 e. The largest absolute Gasteiger partial charge is 2.00 e. The standard InChI is InChI=1S/C42H42N4.Pt/c1-39(2)29-17-15-18-30(25-29)40(3,4)36-28-46(34-23-13-10-14-24-34)38(44-36)42(7,8)32-20-16-19-31(26-32)41(5,6)37-43-35(39)27-45(37)33-21-11-9-12-22-33;/h9-24,27-28H,1-8H3;/q-2;+2. The van der Waals surface area contributed by atoms with Gasteiger partial charge in [-0.05, 0) is 24.3 Å². The molecule has 0 fully saturated rings. The Labute approximate surface area is 294 Å². The van der Waals surface area contributed by atoms with Crippen LogP contribution in [0.2, 0.25) is 0 Å². The quantitative estimate of drug-likeness (QED) is 0.164. The summed E-state index contributed by atoms with van der Waals surface area (Å²) >= 11 is 0. The Morgan fingerprint density at radius 2 is 0.745 bits per heavy atom. The van der Waals surface area contributed by atoms with Gasteiger partial charge in [0, 0.05) is 45.4 Å². The number of rotatable bonds is 2. The van der Waals surface area contributed by atoms with Crippen molar-refractivity contribution in [1.29, 1.82) is 0 Å². The van der Waals surface area contributed by atoms with Crippen molar-refractivity contribution in [3.8, 4) is 11.4 Å². The first-order chi connectivity index (χ1) is 21.8. The van der Waals surface area contributed by atoms with Crippen LogP contribution in [0.1, 0.15) is 101 Å². The number of aromatic nitrogens is 4. The van der Waals surface area contributed by atoms with Gasteiger partial charge in [0.15, 0.2) is 0 Å². The van der Waals surface area contributed by atoms with Crippen molar-refractivity contribution in [2.24, 2.45) is 0 Å². The number of hydrogen-bond acceptors (Lipinski definition) is 2. The minimum atomic E-state index is -0.457. The number of fused-ring (bicyclic) bond motifs is 8. The van der Waals surface area contributed by atoms with Gasteiger partial charge >= 0.3 is 21.1 Å². The molecule has 3 heterocycles. The summed E-state index contributed by atoms with van der Waals surface area (Å²) < 4.78 is 4.53. The van der Waals surface area contributed by atoms with Gasteiger partial charge < -0.3 is 9.13 Å². The summed E-state index contributed by atoms with van der Waals surface area (Å²) in [6, 6.07) is 41.9. The fourth-order valence-corrected chi connectivity index (χ4v) is 6.73. The van der Waals surface area contributed by atoms with E-state index in [4.69, 9.17) is 9.97 Å². The van der Waals surface area contributed by atoms with Crippen LogP contribution in [0, 0.1) is 12.1 Å². The van der Waals surface area contributed by atoms with E-state index in [2.05, 4.69) is 186 Å². The number of hydrogen-bond donors (Lipinski definition) is 0. The zero-order valence-electron chi connectivity index (χ0n) is 28.5. The average molecular weight is 798 g/mol. The summed E-state index contributed by atoms with van der Waals surface area (Å²) in [6.45, 7) is 18.1. The first kappa shape index (κ1) is 32.9. The molecule has 6 aromatic rings. The van der Waals surface area contributed by atoms with Gasteiger partial charge in [-0.2, -0.15) is 59.7 Å². The fraction of sp³-hybridized carbons (Fsp3) is 0.286. The van der Waals surface area contributed by atoms with Crippen molar-refractivity contribution < 1.29 is 21.1 Å². The summed E-state index contributed by atoms with van der Waals surface area (Å²) in [5.41, 5.74) is 6.83. The van der Waals surface area contributed by atoms with Gasteiger partial charge in [0.2, 0.25) is 0 Å². The maximum absolute atomic E-state index is 5.47. The first-order valence-electron chi connectivity index (χ1n) is 16.2. The molecule has 4 aromatic carbocycles. The summed E-state index contributed by atoms with van der Waals surface area (Å²) in [4.78, 5) is 10.9. The Bertz CT molecular complexity index is 1900. The van der Waals surface area contributed by atoms with Gasteiger partial charge in [-0.3, -0.25) is 0 Å². The molecular formula is C42H42N4Pt. The summed E-state index contributed by atoms with van der Waals surface area (Å²) in [5, 5.41) is 0. The smallest absolute Gasteiger partial charge is 0.303 e. The molecule has 4 nitrogen and oxygen atoms in total. The second-order valence-corrected chi connectivity index (χ2v) is 14.8. The number of imidazole rings is 2. The Morgan fingerprint density at radius 3 is 1.09 bits per heavy atom. The SMILES string of the molecule is CC1(C)c2[c-]c(ccc2)C(C)(C)c2cn(-c3ccccc3)c(n2)C(C)(C)c2[c-]c(ccc2)C(C)(C)c2nc1cn2-c1ccccc1.[Pt+2]. The van der Waals surface area contributed by atoms with Gasteiger partial charge in [-0.15, -0.1) is 11.1 Å². The molecule has 0 radical (unpaired) electrons. The molecule has 0 unspecified atom stereocenters. The van der Waals surface area contributed by atoms with E-state index in [1.54, 1.807) is 0 Å². The summed E-state index contributed by atoms with van der Waals surface area (Å²) in [5.74, 6) is 1.95. The normalized spacial score (nSPS) is 17.0. The van der Waals surface area contributed by atoms with Crippen LogP contribution in [-0.2, 0) is 42.7 Å². The minimum Gasteiger partial charge on any atom is -0.303 e. The molecule has 0 atom stereocenters. The number of para-hydroxylation sites is 2. The molecule has 47 heavy (non-hydrogen) atoms. The third-order valence-corrected chi connectivity index (χ3v) is 10.2. The van der Waals surface area contributed by atoms with Gasteiger partial charge in [0.05, 0.1) is 11.4 Å². The fourth-order valence-electron chi connectivity index (χ4n) is 6.73. The molecule has 0 saturated carbocycles. The van der Waals surface area contributed by atoms with E-state index in [0.29, 0.717) is 0 Å². The summed E-state index contributed by atoms with van der Waals surface area (Å²) in [6.07, 6.45) is 4.44. The zero-order valence-corrected chi connectivity index (χ0v) is 30.8. The van der Waals surface area contributed by atoms with Crippen LogP contribution in [-0.4, -0.2) is 19.1 Å². The molecule has 7 rings (SSSR count). The Kier molecular flexibility index (Phi) is 8.12. The van der Waals surface area contributed by atoms with Crippen LogP contribution in [0.5, 0.6) is 0 Å². The number of benzene rings is 4. The molecule has 0 N–H and O–H groups in total. The van der Waals surface area contributed by atoms with E-state index in [1.165, 1.54) is 0 Å². The van der Waals surface area contributed by atoms with Crippen molar-refractivity contribution >= 4 is 0 Å². The van der Waals surface area contributed by atoms with Crippen LogP contribution in [0.4, 0.5) is 0 Å². The third kappa shape index (κ3) is 5.35. The molecule has 1 aliphatic heterocycles. The van der Waals surface area contributed by atoms with Crippen LogP contribution in [0.25, 0.3) is 11.4 Å². The molecule has 5 heteroatoms. The van der Waals surface area contributed by atoms with Crippen molar-refractivity contribution in [1.82, 2.24) is 19.1 Å². The van der Waals surface area contributed by atoms with E-state index in [0.717, 1.165) is 56.7 Å². The van der Waals surface area contributed by atoms with Gasteiger partial charge in [0.25, 0.3) is 0 Å². The predicted molar refractivity (Wildman–Crippen MR) is 186 cm³/mol. The van der Waals surface area contributed by atoms with E-state index >= 15 is 0 Å². The van der Waals surface area contributed by atoms with E-state index in [-0.39, 0.29) is 21.1 Å². The average Bonchev–Trinajstić information content (AvgIpc) is 3.73. The molecule has 0 saturated heterocycles. The molecule has 8 bridgehead atoms. The topological polar surface area (TPSA) is 35.6 Å².